The van der Waals surface area contributed by atoms with E-state index < -0.39 is 5.91 Å². The quantitative estimate of drug-likeness (QED) is 0.522. The fourth-order valence-electron chi connectivity index (χ4n) is 3.83. The first-order valence-electron chi connectivity index (χ1n) is 8.94. The number of hydrogen-bond donors (Lipinski definition) is 3. The van der Waals surface area contributed by atoms with E-state index in [1.165, 1.54) is 0 Å². The fraction of sp³-hybridized carbons (Fsp3) is 0.200. The molecule has 1 atom stereocenters. The van der Waals surface area contributed by atoms with E-state index in [9.17, 15) is 9.18 Å². The zero-order valence-corrected chi connectivity index (χ0v) is 14.5. The van der Waals surface area contributed by atoms with Crippen LogP contribution in [0, 0.1) is 5.82 Å². The zero-order chi connectivity index (χ0) is 18.5. The summed E-state index contributed by atoms with van der Waals surface area (Å²) in [5.41, 5.74) is 9.35. The van der Waals surface area contributed by atoms with Crippen molar-refractivity contribution in [1.29, 1.82) is 0 Å². The highest BCUT2D eigenvalue weighted by Crippen LogP contribution is 2.29. The summed E-state index contributed by atoms with van der Waals surface area (Å²) in [5, 5.41) is 3.39. The smallest absolute Gasteiger partial charge is 0.248 e. The van der Waals surface area contributed by atoms with Gasteiger partial charge in [0.2, 0.25) is 11.7 Å². The molecule has 3 heterocycles. The Kier molecular flexibility index (Phi) is 3.51. The molecule has 1 fully saturated rings. The van der Waals surface area contributed by atoms with Gasteiger partial charge in [-0.15, -0.1) is 0 Å². The molecule has 0 spiro atoms. The van der Waals surface area contributed by atoms with E-state index in [-0.39, 0.29) is 11.9 Å². The van der Waals surface area contributed by atoms with Gasteiger partial charge >= 0.3 is 0 Å². The molecular weight excluding hydrogens is 345 g/mol. The van der Waals surface area contributed by atoms with Crippen molar-refractivity contribution in [2.24, 2.45) is 5.73 Å². The molecule has 27 heavy (non-hydrogen) atoms. The molecule has 1 aliphatic rings. The van der Waals surface area contributed by atoms with Crippen molar-refractivity contribution in [1.82, 2.24) is 19.7 Å². The third-order valence-electron chi connectivity index (χ3n) is 5.22. The van der Waals surface area contributed by atoms with Gasteiger partial charge in [0.15, 0.2) is 0 Å². The minimum absolute atomic E-state index is 0.234. The van der Waals surface area contributed by atoms with Crippen LogP contribution in [0.15, 0.2) is 42.6 Å². The van der Waals surface area contributed by atoms with Crippen LogP contribution in [-0.4, -0.2) is 26.8 Å². The molecule has 6 nitrogen and oxygen atoms in total. The van der Waals surface area contributed by atoms with Crippen LogP contribution >= 0.6 is 0 Å². The molecule has 0 unspecified atom stereocenters. The van der Waals surface area contributed by atoms with Crippen LogP contribution < -0.4 is 11.1 Å². The van der Waals surface area contributed by atoms with E-state index in [1.807, 2.05) is 22.7 Å². The number of hydrogen-bond acceptors (Lipinski definition) is 3. The van der Waals surface area contributed by atoms with Crippen molar-refractivity contribution < 1.29 is 9.18 Å². The lowest BCUT2D eigenvalue weighted by molar-refractivity contribution is 0.100. The van der Waals surface area contributed by atoms with Crippen LogP contribution in [0.3, 0.4) is 0 Å². The van der Waals surface area contributed by atoms with Crippen LogP contribution in [0.5, 0.6) is 0 Å². The van der Waals surface area contributed by atoms with E-state index in [0.717, 1.165) is 30.5 Å². The van der Waals surface area contributed by atoms with E-state index in [4.69, 9.17) is 5.73 Å². The van der Waals surface area contributed by atoms with Crippen LogP contribution in [0.1, 0.15) is 34.8 Å². The summed E-state index contributed by atoms with van der Waals surface area (Å²) in [7, 11) is 0. The van der Waals surface area contributed by atoms with Gasteiger partial charge in [0.1, 0.15) is 5.82 Å². The van der Waals surface area contributed by atoms with Gasteiger partial charge in [-0.3, -0.25) is 9.20 Å². The van der Waals surface area contributed by atoms with E-state index in [0.29, 0.717) is 28.1 Å². The monoisotopic (exact) mass is 363 g/mol. The number of amides is 1. The normalized spacial score (nSPS) is 17.1. The molecule has 5 rings (SSSR count). The highest BCUT2D eigenvalue weighted by atomic mass is 19.1. The zero-order valence-electron chi connectivity index (χ0n) is 14.5. The van der Waals surface area contributed by atoms with Crippen molar-refractivity contribution in [3.8, 4) is 11.3 Å². The maximum atomic E-state index is 14.8. The Labute approximate surface area is 154 Å². The summed E-state index contributed by atoms with van der Waals surface area (Å²) >= 11 is 0. The Balaban J connectivity index is 1.56. The summed E-state index contributed by atoms with van der Waals surface area (Å²) in [6.45, 7) is 0.979. The van der Waals surface area contributed by atoms with Gasteiger partial charge in [-0.25, -0.2) is 9.37 Å². The number of imidazole rings is 2. The number of fused-ring (bicyclic) bond motifs is 3. The number of rotatable bonds is 3. The molecule has 1 amide bonds. The SMILES string of the molecule is NC(=O)c1ccc2c(c1)nc1[nH]c(-c3ccc([C@@H]4CCCN4)cc3F)cn12. The van der Waals surface area contributed by atoms with Crippen molar-refractivity contribution in [3.05, 3.63) is 59.5 Å². The van der Waals surface area contributed by atoms with E-state index >= 15 is 0 Å². The van der Waals surface area contributed by atoms with Crippen molar-refractivity contribution in [2.75, 3.05) is 6.54 Å². The molecule has 0 saturated carbocycles. The highest BCUT2D eigenvalue weighted by molar-refractivity contribution is 5.96. The van der Waals surface area contributed by atoms with Gasteiger partial charge < -0.3 is 16.0 Å². The fourth-order valence-corrected chi connectivity index (χ4v) is 3.83. The van der Waals surface area contributed by atoms with Crippen molar-refractivity contribution in [2.45, 2.75) is 18.9 Å². The van der Waals surface area contributed by atoms with Crippen LogP contribution in [0.2, 0.25) is 0 Å². The lowest BCUT2D eigenvalue weighted by atomic mass is 10.0. The number of halogens is 1. The number of primary amides is 1. The number of nitrogens with two attached hydrogens (primary N) is 1. The second kappa shape index (κ2) is 5.92. The standard InChI is InChI=1S/C20H18FN5O/c21-14-8-11(15-2-1-7-23-15)3-5-13(14)17-10-26-18-6-4-12(19(22)27)9-16(18)24-20(26)25-17/h3-6,8-10,15,23H,1-2,7H2,(H2,22,27)(H,24,25)/t15-/m0/s1. The highest BCUT2D eigenvalue weighted by Gasteiger charge is 2.19. The molecule has 2 aromatic heterocycles. The summed E-state index contributed by atoms with van der Waals surface area (Å²) in [6.07, 6.45) is 3.97. The number of nitrogens with zero attached hydrogens (tertiary/aromatic N) is 2. The van der Waals surface area contributed by atoms with Gasteiger partial charge in [-0.05, 0) is 55.3 Å². The molecule has 2 aromatic carbocycles. The lowest BCUT2D eigenvalue weighted by Gasteiger charge is -2.11. The van der Waals surface area contributed by atoms with Gasteiger partial charge in [-0.2, -0.15) is 0 Å². The number of carbonyl (C=O) groups is 1. The second-order valence-corrected chi connectivity index (χ2v) is 6.93. The van der Waals surface area contributed by atoms with Crippen molar-refractivity contribution >= 4 is 22.7 Å². The van der Waals surface area contributed by atoms with Gasteiger partial charge in [0, 0.05) is 23.4 Å². The molecular formula is C20H18FN5O. The average Bonchev–Trinajstić information content (AvgIpc) is 3.37. The van der Waals surface area contributed by atoms with E-state index in [1.54, 1.807) is 24.3 Å². The summed E-state index contributed by atoms with van der Waals surface area (Å²) in [5.74, 6) is -0.165. The Hall–Kier alpha value is -3.19. The predicted octanol–water partition coefficient (Wildman–Crippen LogP) is 3.15. The van der Waals surface area contributed by atoms with Gasteiger partial charge in [-0.1, -0.05) is 6.07 Å². The molecule has 7 heteroatoms. The Bertz CT molecular complexity index is 1190. The van der Waals surface area contributed by atoms with Gasteiger partial charge in [0.25, 0.3) is 0 Å². The van der Waals surface area contributed by atoms with Crippen LogP contribution in [0.25, 0.3) is 28.1 Å². The molecule has 0 radical (unpaired) electrons. The first kappa shape index (κ1) is 16.0. The Morgan fingerprint density at radius 3 is 2.89 bits per heavy atom. The first-order chi connectivity index (χ1) is 13.1. The number of aromatic amines is 1. The second-order valence-electron chi connectivity index (χ2n) is 6.93. The average molecular weight is 363 g/mol. The van der Waals surface area contributed by atoms with Gasteiger partial charge in [0.05, 0.1) is 16.7 Å². The Morgan fingerprint density at radius 1 is 1.26 bits per heavy atom. The number of nitrogens with one attached hydrogen (secondary N) is 2. The van der Waals surface area contributed by atoms with Crippen molar-refractivity contribution in [3.63, 3.8) is 0 Å². The van der Waals surface area contributed by atoms with Crippen LogP contribution in [0.4, 0.5) is 4.39 Å². The summed E-state index contributed by atoms with van der Waals surface area (Å²) in [4.78, 5) is 19.0. The number of benzene rings is 2. The molecule has 0 bridgehead atoms. The number of H-pyrrole nitrogens is 1. The minimum Gasteiger partial charge on any atom is -0.366 e. The number of aromatic nitrogens is 3. The molecule has 1 aliphatic heterocycles. The maximum absolute atomic E-state index is 14.8. The Morgan fingerprint density at radius 2 is 2.15 bits per heavy atom. The van der Waals surface area contributed by atoms with E-state index in [2.05, 4.69) is 15.3 Å². The summed E-state index contributed by atoms with van der Waals surface area (Å²) < 4.78 is 16.6. The molecule has 4 N–H and O–H groups in total. The largest absolute Gasteiger partial charge is 0.366 e. The third kappa shape index (κ3) is 2.59. The molecule has 0 aliphatic carbocycles. The third-order valence-corrected chi connectivity index (χ3v) is 5.22. The topological polar surface area (TPSA) is 88.2 Å². The maximum Gasteiger partial charge on any atom is 0.248 e. The molecule has 136 valence electrons. The lowest BCUT2D eigenvalue weighted by Crippen LogP contribution is -2.12. The molecule has 1 saturated heterocycles. The predicted molar refractivity (Wildman–Crippen MR) is 101 cm³/mol. The minimum atomic E-state index is -0.492. The summed E-state index contributed by atoms with van der Waals surface area (Å²) in [6, 6.07) is 10.7. The molecule has 4 aromatic rings. The first-order valence-corrected chi connectivity index (χ1v) is 8.94. The van der Waals surface area contributed by atoms with Crippen LogP contribution in [-0.2, 0) is 0 Å². The number of carbonyl (C=O) groups excluding carboxylic acids is 1.